The molecule has 3 N–H and O–H groups in total. The highest BCUT2D eigenvalue weighted by Crippen LogP contribution is 2.23. The SMILES string of the molecule is CCNc1nc(OC(C)C)nc(N2CCC(C(N)=O)C2)n1. The normalized spacial score (nSPS) is 18.1. The summed E-state index contributed by atoms with van der Waals surface area (Å²) in [7, 11) is 0. The molecule has 1 aromatic rings. The van der Waals surface area contributed by atoms with Gasteiger partial charge in [0.25, 0.3) is 0 Å². The molecule has 1 amide bonds. The molecule has 1 saturated heterocycles. The van der Waals surface area contributed by atoms with Gasteiger partial charge in [0.1, 0.15) is 0 Å². The highest BCUT2D eigenvalue weighted by Gasteiger charge is 2.29. The van der Waals surface area contributed by atoms with Crippen molar-refractivity contribution in [2.24, 2.45) is 11.7 Å². The number of hydrogen-bond acceptors (Lipinski definition) is 7. The maximum Gasteiger partial charge on any atom is 0.323 e. The smallest absolute Gasteiger partial charge is 0.323 e. The van der Waals surface area contributed by atoms with Crippen molar-refractivity contribution < 1.29 is 9.53 Å². The van der Waals surface area contributed by atoms with Crippen LogP contribution in [0.25, 0.3) is 0 Å². The summed E-state index contributed by atoms with van der Waals surface area (Å²) in [6.07, 6.45) is 0.699. The van der Waals surface area contributed by atoms with Gasteiger partial charge in [-0.2, -0.15) is 15.0 Å². The molecule has 2 heterocycles. The van der Waals surface area contributed by atoms with Crippen LogP contribution in [0.1, 0.15) is 27.2 Å². The van der Waals surface area contributed by atoms with Crippen LogP contribution in [0.15, 0.2) is 0 Å². The van der Waals surface area contributed by atoms with Crippen molar-refractivity contribution in [3.8, 4) is 6.01 Å². The van der Waals surface area contributed by atoms with E-state index in [1.165, 1.54) is 0 Å². The van der Waals surface area contributed by atoms with Crippen molar-refractivity contribution in [3.05, 3.63) is 0 Å². The van der Waals surface area contributed by atoms with Crippen molar-refractivity contribution >= 4 is 17.8 Å². The van der Waals surface area contributed by atoms with Gasteiger partial charge >= 0.3 is 6.01 Å². The predicted molar refractivity (Wildman–Crippen MR) is 79.3 cm³/mol. The van der Waals surface area contributed by atoms with Gasteiger partial charge in [-0.3, -0.25) is 4.79 Å². The van der Waals surface area contributed by atoms with Crippen LogP contribution in [0.4, 0.5) is 11.9 Å². The molecule has 0 saturated carbocycles. The molecule has 21 heavy (non-hydrogen) atoms. The Bertz CT molecular complexity index is 507. The van der Waals surface area contributed by atoms with Gasteiger partial charge in [-0.05, 0) is 27.2 Å². The highest BCUT2D eigenvalue weighted by atomic mass is 16.5. The van der Waals surface area contributed by atoms with Crippen LogP contribution in [-0.2, 0) is 4.79 Å². The zero-order valence-corrected chi connectivity index (χ0v) is 12.7. The van der Waals surface area contributed by atoms with Gasteiger partial charge in [-0.1, -0.05) is 0 Å². The van der Waals surface area contributed by atoms with Crippen molar-refractivity contribution in [2.75, 3.05) is 29.9 Å². The van der Waals surface area contributed by atoms with Crippen LogP contribution in [0, 0.1) is 5.92 Å². The molecular formula is C13H22N6O2. The molecule has 0 bridgehead atoms. The van der Waals surface area contributed by atoms with Gasteiger partial charge in [-0.15, -0.1) is 0 Å². The number of aromatic nitrogens is 3. The third-order valence-corrected chi connectivity index (χ3v) is 3.15. The van der Waals surface area contributed by atoms with Crippen molar-refractivity contribution in [2.45, 2.75) is 33.3 Å². The van der Waals surface area contributed by atoms with Crippen molar-refractivity contribution in [1.29, 1.82) is 0 Å². The van der Waals surface area contributed by atoms with E-state index in [0.717, 1.165) is 6.42 Å². The fraction of sp³-hybridized carbons (Fsp3) is 0.692. The van der Waals surface area contributed by atoms with Crippen LogP contribution < -0.4 is 20.7 Å². The summed E-state index contributed by atoms with van der Waals surface area (Å²) in [4.78, 5) is 26.1. The zero-order chi connectivity index (χ0) is 15.4. The molecule has 8 nitrogen and oxygen atoms in total. The Labute approximate surface area is 124 Å². The number of rotatable bonds is 6. The monoisotopic (exact) mass is 294 g/mol. The summed E-state index contributed by atoms with van der Waals surface area (Å²) in [6.45, 7) is 7.72. The second-order valence-electron chi connectivity index (χ2n) is 5.27. The second-order valence-corrected chi connectivity index (χ2v) is 5.27. The van der Waals surface area contributed by atoms with E-state index in [1.807, 2.05) is 25.7 Å². The van der Waals surface area contributed by atoms with E-state index < -0.39 is 0 Å². The number of carbonyl (C=O) groups excluding carboxylic acids is 1. The first kappa shape index (κ1) is 15.3. The summed E-state index contributed by atoms with van der Waals surface area (Å²) < 4.78 is 5.56. The quantitative estimate of drug-likeness (QED) is 0.782. The Morgan fingerprint density at radius 3 is 2.81 bits per heavy atom. The molecule has 1 aliphatic rings. The van der Waals surface area contributed by atoms with Crippen LogP contribution in [0.5, 0.6) is 6.01 Å². The molecule has 8 heteroatoms. The van der Waals surface area contributed by atoms with E-state index >= 15 is 0 Å². The van der Waals surface area contributed by atoms with E-state index in [-0.39, 0.29) is 23.9 Å². The Morgan fingerprint density at radius 2 is 2.24 bits per heavy atom. The van der Waals surface area contributed by atoms with Gasteiger partial charge in [0.05, 0.1) is 12.0 Å². The zero-order valence-electron chi connectivity index (χ0n) is 12.7. The van der Waals surface area contributed by atoms with Gasteiger partial charge in [0.2, 0.25) is 17.8 Å². The second kappa shape index (κ2) is 6.55. The topological polar surface area (TPSA) is 106 Å². The third-order valence-electron chi connectivity index (χ3n) is 3.15. The van der Waals surface area contributed by atoms with Gasteiger partial charge in [-0.25, -0.2) is 0 Å². The number of nitrogens with zero attached hydrogens (tertiary/aromatic N) is 4. The van der Waals surface area contributed by atoms with Crippen LogP contribution >= 0.6 is 0 Å². The molecule has 0 aliphatic carbocycles. The Morgan fingerprint density at radius 1 is 1.48 bits per heavy atom. The van der Waals surface area contributed by atoms with Crippen molar-refractivity contribution in [1.82, 2.24) is 15.0 Å². The van der Waals surface area contributed by atoms with Crippen LogP contribution in [0.3, 0.4) is 0 Å². The van der Waals surface area contributed by atoms with E-state index in [1.54, 1.807) is 0 Å². The summed E-state index contributed by atoms with van der Waals surface area (Å²) in [5.74, 6) is 0.553. The summed E-state index contributed by atoms with van der Waals surface area (Å²) in [6, 6.07) is 0.286. The van der Waals surface area contributed by atoms with Gasteiger partial charge in [0.15, 0.2) is 0 Å². The fourth-order valence-corrected chi connectivity index (χ4v) is 2.16. The van der Waals surface area contributed by atoms with Gasteiger partial charge in [0, 0.05) is 19.6 Å². The first-order chi connectivity index (χ1) is 9.99. The number of primary amides is 1. The molecule has 2 rings (SSSR count). The average molecular weight is 294 g/mol. The molecule has 1 aliphatic heterocycles. The summed E-state index contributed by atoms with van der Waals surface area (Å²) >= 11 is 0. The van der Waals surface area contributed by atoms with E-state index in [4.69, 9.17) is 10.5 Å². The summed E-state index contributed by atoms with van der Waals surface area (Å²) in [5.41, 5.74) is 5.36. The maximum atomic E-state index is 11.3. The number of anilines is 2. The highest BCUT2D eigenvalue weighted by molar-refractivity contribution is 5.78. The fourth-order valence-electron chi connectivity index (χ4n) is 2.16. The van der Waals surface area contributed by atoms with Gasteiger partial charge < -0.3 is 20.7 Å². The first-order valence-corrected chi connectivity index (χ1v) is 7.20. The summed E-state index contributed by atoms with van der Waals surface area (Å²) in [5, 5.41) is 3.06. The predicted octanol–water partition coefficient (Wildman–Crippen LogP) is 0.402. The molecule has 0 spiro atoms. The van der Waals surface area contributed by atoms with E-state index in [0.29, 0.717) is 31.5 Å². The Kier molecular flexibility index (Phi) is 4.77. The molecular weight excluding hydrogens is 272 g/mol. The lowest BCUT2D eigenvalue weighted by Gasteiger charge is -2.18. The molecule has 1 atom stereocenters. The third kappa shape index (κ3) is 3.93. The lowest BCUT2D eigenvalue weighted by atomic mass is 10.1. The Balaban J connectivity index is 2.21. The lowest BCUT2D eigenvalue weighted by molar-refractivity contribution is -0.121. The molecule has 116 valence electrons. The minimum absolute atomic E-state index is 0.0216. The molecule has 1 fully saturated rings. The number of nitrogens with one attached hydrogen (secondary N) is 1. The minimum atomic E-state index is -0.280. The lowest BCUT2D eigenvalue weighted by Crippen LogP contribution is -2.28. The molecule has 1 aromatic heterocycles. The van der Waals surface area contributed by atoms with Crippen LogP contribution in [-0.4, -0.2) is 46.6 Å². The number of hydrogen-bond donors (Lipinski definition) is 2. The van der Waals surface area contributed by atoms with Crippen LogP contribution in [0.2, 0.25) is 0 Å². The largest absolute Gasteiger partial charge is 0.461 e. The molecule has 0 radical (unpaired) electrons. The molecule has 0 aromatic carbocycles. The number of carbonyl (C=O) groups is 1. The Hall–Kier alpha value is -2.12. The maximum absolute atomic E-state index is 11.3. The standard InChI is InChI=1S/C13H22N6O2/c1-4-15-11-16-12(18-13(17-11)21-8(2)3)19-6-5-9(7-19)10(14)20/h8-9H,4-7H2,1-3H3,(H2,14,20)(H,15,16,17,18). The average Bonchev–Trinajstić information content (AvgIpc) is 2.87. The minimum Gasteiger partial charge on any atom is -0.461 e. The van der Waals surface area contributed by atoms with E-state index in [2.05, 4.69) is 20.3 Å². The van der Waals surface area contributed by atoms with Crippen molar-refractivity contribution in [3.63, 3.8) is 0 Å². The van der Waals surface area contributed by atoms with E-state index in [9.17, 15) is 4.79 Å². The number of ether oxygens (including phenoxy) is 1. The number of nitrogens with two attached hydrogens (primary N) is 1. The first-order valence-electron chi connectivity index (χ1n) is 7.20. The number of amides is 1. The molecule has 1 unspecified atom stereocenters.